The molecule has 0 saturated heterocycles. The molecule has 20 heavy (non-hydrogen) atoms. The van der Waals surface area contributed by atoms with Gasteiger partial charge in [-0.15, -0.1) is 0 Å². The Morgan fingerprint density at radius 2 is 2.25 bits per heavy atom. The van der Waals surface area contributed by atoms with Crippen LogP contribution in [0.3, 0.4) is 0 Å². The Hall–Kier alpha value is -2.14. The first-order chi connectivity index (χ1) is 9.75. The van der Waals surface area contributed by atoms with E-state index in [0.717, 1.165) is 18.7 Å². The van der Waals surface area contributed by atoms with E-state index in [0.29, 0.717) is 10.8 Å². The SMILES string of the molecule is O=C(CNc1ncncc1Cl)N1CCc2ccccc21. The number of fused-ring (bicyclic) bond motifs is 1. The van der Waals surface area contributed by atoms with Crippen LogP contribution in [0.25, 0.3) is 0 Å². The molecule has 0 saturated carbocycles. The van der Waals surface area contributed by atoms with Crippen molar-refractivity contribution in [2.75, 3.05) is 23.3 Å². The minimum absolute atomic E-state index is 0.00429. The number of halogens is 1. The van der Waals surface area contributed by atoms with Crippen LogP contribution in [0.2, 0.25) is 5.02 Å². The molecule has 6 heteroatoms. The molecular formula is C14H13ClN4O. The van der Waals surface area contributed by atoms with Crippen LogP contribution in [-0.4, -0.2) is 29.0 Å². The number of anilines is 2. The molecule has 0 atom stereocenters. The maximum Gasteiger partial charge on any atom is 0.246 e. The van der Waals surface area contributed by atoms with Crippen molar-refractivity contribution in [2.24, 2.45) is 0 Å². The molecule has 0 unspecified atom stereocenters. The molecule has 102 valence electrons. The lowest BCUT2D eigenvalue weighted by Gasteiger charge is -2.17. The van der Waals surface area contributed by atoms with Crippen LogP contribution in [-0.2, 0) is 11.2 Å². The molecule has 1 aliphatic heterocycles. The summed E-state index contributed by atoms with van der Waals surface area (Å²) >= 11 is 5.94. The number of benzene rings is 1. The zero-order valence-corrected chi connectivity index (χ0v) is 11.5. The highest BCUT2D eigenvalue weighted by molar-refractivity contribution is 6.32. The zero-order chi connectivity index (χ0) is 13.9. The number of hydrogen-bond acceptors (Lipinski definition) is 4. The molecule has 1 amide bonds. The molecular weight excluding hydrogens is 276 g/mol. The second kappa shape index (κ2) is 5.46. The van der Waals surface area contributed by atoms with Gasteiger partial charge in [-0.2, -0.15) is 0 Å². The predicted octanol–water partition coefficient (Wildman–Crippen LogP) is 2.13. The van der Waals surface area contributed by atoms with Gasteiger partial charge in [-0.05, 0) is 18.1 Å². The molecule has 0 bridgehead atoms. The highest BCUT2D eigenvalue weighted by Crippen LogP contribution is 2.27. The van der Waals surface area contributed by atoms with Crippen LogP contribution in [0.1, 0.15) is 5.56 Å². The molecule has 3 rings (SSSR count). The van der Waals surface area contributed by atoms with E-state index < -0.39 is 0 Å². The van der Waals surface area contributed by atoms with Gasteiger partial charge in [0, 0.05) is 12.2 Å². The molecule has 0 radical (unpaired) electrons. The quantitative estimate of drug-likeness (QED) is 0.940. The summed E-state index contributed by atoms with van der Waals surface area (Å²) in [6, 6.07) is 7.96. The van der Waals surface area contributed by atoms with E-state index in [-0.39, 0.29) is 12.5 Å². The number of para-hydroxylation sites is 1. The summed E-state index contributed by atoms with van der Waals surface area (Å²) in [6.07, 6.45) is 3.78. The fraction of sp³-hybridized carbons (Fsp3) is 0.214. The molecule has 0 spiro atoms. The third-order valence-electron chi connectivity index (χ3n) is 3.26. The number of hydrogen-bond donors (Lipinski definition) is 1. The Balaban J connectivity index is 1.68. The van der Waals surface area contributed by atoms with Crippen LogP contribution in [0.4, 0.5) is 11.5 Å². The lowest BCUT2D eigenvalue weighted by molar-refractivity contribution is -0.116. The lowest BCUT2D eigenvalue weighted by Crippen LogP contribution is -2.34. The van der Waals surface area contributed by atoms with Crippen molar-refractivity contribution in [3.05, 3.63) is 47.4 Å². The number of carbonyl (C=O) groups is 1. The van der Waals surface area contributed by atoms with Crippen molar-refractivity contribution in [3.8, 4) is 0 Å². The summed E-state index contributed by atoms with van der Waals surface area (Å²) in [4.78, 5) is 21.9. The van der Waals surface area contributed by atoms with Crippen LogP contribution in [0.15, 0.2) is 36.8 Å². The molecule has 2 aromatic rings. The number of carbonyl (C=O) groups excluding carboxylic acids is 1. The van der Waals surface area contributed by atoms with Gasteiger partial charge in [-0.1, -0.05) is 29.8 Å². The number of aromatic nitrogens is 2. The minimum atomic E-state index is 0.00429. The summed E-state index contributed by atoms with van der Waals surface area (Å²) in [6.45, 7) is 0.877. The van der Waals surface area contributed by atoms with Crippen LogP contribution < -0.4 is 10.2 Å². The first-order valence-corrected chi connectivity index (χ1v) is 6.71. The van der Waals surface area contributed by atoms with E-state index >= 15 is 0 Å². The average molecular weight is 289 g/mol. The van der Waals surface area contributed by atoms with Crippen molar-refractivity contribution in [1.82, 2.24) is 9.97 Å². The number of nitrogens with zero attached hydrogens (tertiary/aromatic N) is 3. The van der Waals surface area contributed by atoms with Gasteiger partial charge < -0.3 is 10.2 Å². The second-order valence-electron chi connectivity index (χ2n) is 4.50. The molecule has 2 heterocycles. The Labute approximate surface area is 121 Å². The van der Waals surface area contributed by atoms with E-state index in [4.69, 9.17) is 11.6 Å². The van der Waals surface area contributed by atoms with E-state index in [1.807, 2.05) is 18.2 Å². The molecule has 5 nitrogen and oxygen atoms in total. The topological polar surface area (TPSA) is 58.1 Å². The minimum Gasteiger partial charge on any atom is -0.360 e. The number of nitrogens with one attached hydrogen (secondary N) is 1. The molecule has 0 aliphatic carbocycles. The molecule has 1 aromatic heterocycles. The van der Waals surface area contributed by atoms with E-state index in [1.165, 1.54) is 18.1 Å². The maximum absolute atomic E-state index is 12.3. The van der Waals surface area contributed by atoms with Crippen LogP contribution >= 0.6 is 11.6 Å². The van der Waals surface area contributed by atoms with Gasteiger partial charge in [0.25, 0.3) is 0 Å². The van der Waals surface area contributed by atoms with Gasteiger partial charge in [-0.3, -0.25) is 4.79 Å². The van der Waals surface area contributed by atoms with Gasteiger partial charge in [0.05, 0.1) is 12.7 Å². The van der Waals surface area contributed by atoms with Crippen molar-refractivity contribution < 1.29 is 4.79 Å². The largest absolute Gasteiger partial charge is 0.360 e. The van der Waals surface area contributed by atoms with Gasteiger partial charge >= 0.3 is 0 Å². The van der Waals surface area contributed by atoms with Gasteiger partial charge in [0.15, 0.2) is 0 Å². The first-order valence-electron chi connectivity index (χ1n) is 6.33. The van der Waals surface area contributed by atoms with Crippen molar-refractivity contribution in [3.63, 3.8) is 0 Å². The molecule has 1 N–H and O–H groups in total. The number of amides is 1. The molecule has 0 fully saturated rings. The smallest absolute Gasteiger partial charge is 0.246 e. The summed E-state index contributed by atoms with van der Waals surface area (Å²) in [7, 11) is 0. The summed E-state index contributed by atoms with van der Waals surface area (Å²) in [5, 5.41) is 3.35. The Kier molecular flexibility index (Phi) is 3.52. The van der Waals surface area contributed by atoms with E-state index in [1.54, 1.807) is 4.90 Å². The Morgan fingerprint density at radius 1 is 1.40 bits per heavy atom. The van der Waals surface area contributed by atoms with Crippen molar-refractivity contribution in [2.45, 2.75) is 6.42 Å². The summed E-state index contributed by atoms with van der Waals surface area (Å²) < 4.78 is 0. The third kappa shape index (κ3) is 2.44. The lowest BCUT2D eigenvalue weighted by atomic mass is 10.2. The summed E-state index contributed by atoms with van der Waals surface area (Å²) in [5.41, 5.74) is 2.20. The van der Waals surface area contributed by atoms with Gasteiger partial charge in [0.1, 0.15) is 17.2 Å². The monoisotopic (exact) mass is 288 g/mol. The van der Waals surface area contributed by atoms with Crippen LogP contribution in [0, 0.1) is 0 Å². The standard InChI is InChI=1S/C14H13ClN4O/c15-11-7-16-9-18-14(11)17-8-13(20)19-6-5-10-3-1-2-4-12(10)19/h1-4,7,9H,5-6,8H2,(H,16,17,18). The molecule has 1 aromatic carbocycles. The third-order valence-corrected chi connectivity index (χ3v) is 3.54. The van der Waals surface area contributed by atoms with Crippen molar-refractivity contribution in [1.29, 1.82) is 0 Å². The van der Waals surface area contributed by atoms with Gasteiger partial charge in [-0.25, -0.2) is 9.97 Å². The van der Waals surface area contributed by atoms with Crippen LogP contribution in [0.5, 0.6) is 0 Å². The maximum atomic E-state index is 12.3. The normalized spacial score (nSPS) is 13.2. The fourth-order valence-corrected chi connectivity index (χ4v) is 2.47. The highest BCUT2D eigenvalue weighted by Gasteiger charge is 2.23. The van der Waals surface area contributed by atoms with Gasteiger partial charge in [0.2, 0.25) is 5.91 Å². The Morgan fingerprint density at radius 3 is 3.10 bits per heavy atom. The average Bonchev–Trinajstić information content (AvgIpc) is 2.90. The first kappa shape index (κ1) is 12.9. The zero-order valence-electron chi connectivity index (χ0n) is 10.7. The van der Waals surface area contributed by atoms with E-state index in [9.17, 15) is 4.79 Å². The van der Waals surface area contributed by atoms with E-state index in [2.05, 4.69) is 21.4 Å². The highest BCUT2D eigenvalue weighted by atomic mass is 35.5. The predicted molar refractivity (Wildman–Crippen MR) is 78.0 cm³/mol. The summed E-state index contributed by atoms with van der Waals surface area (Å²) in [5.74, 6) is 0.479. The second-order valence-corrected chi connectivity index (χ2v) is 4.90. The van der Waals surface area contributed by atoms with Crippen molar-refractivity contribution >= 4 is 29.0 Å². The fourth-order valence-electron chi connectivity index (χ4n) is 2.29. The number of rotatable bonds is 3. The molecule has 1 aliphatic rings. The Bertz CT molecular complexity index is 647.